The molecule has 120 valence electrons. The number of unbranched alkanes of at least 4 members (excludes halogenated alkanes) is 3. The molecule has 0 amide bonds. The molecule has 0 aromatic carbocycles. The predicted octanol–water partition coefficient (Wildman–Crippen LogP) is 1.58. The molecule has 0 heterocycles. The molecule has 4 nitrogen and oxygen atoms in total. The largest absolute Gasteiger partial charge is 0.550 e. The van der Waals surface area contributed by atoms with Gasteiger partial charge in [-0.05, 0) is 25.0 Å². The Morgan fingerprint density at radius 2 is 1.65 bits per heavy atom. The molecule has 0 aliphatic heterocycles. The van der Waals surface area contributed by atoms with Crippen molar-refractivity contribution in [1.29, 1.82) is 0 Å². The average Bonchev–Trinajstić information content (AvgIpc) is 2.43. The summed E-state index contributed by atoms with van der Waals surface area (Å²) in [6.07, 6.45) is 3.59. The summed E-state index contributed by atoms with van der Waals surface area (Å²) in [6, 6.07) is 0. The molecule has 0 aliphatic carbocycles. The summed E-state index contributed by atoms with van der Waals surface area (Å²) in [7, 11) is 0. The van der Waals surface area contributed by atoms with Crippen molar-refractivity contribution in [1.82, 2.24) is 0 Å². The highest BCUT2D eigenvalue weighted by molar-refractivity contribution is 8.00. The Hall–Kier alpha value is -0.260. The standard InChI is InChI=1S/C15H30O4S/c1-4-7-8-9-10-20-14(12(17)6-3)13(15(18)19)11(16)5-2/h11-14,16-17H,4-10H2,1-3H3,(H,18,19)/p-1. The first-order chi connectivity index (χ1) is 9.49. The van der Waals surface area contributed by atoms with Crippen LogP contribution in [0.1, 0.15) is 59.3 Å². The van der Waals surface area contributed by atoms with Gasteiger partial charge in [0.1, 0.15) is 0 Å². The van der Waals surface area contributed by atoms with Crippen molar-refractivity contribution in [3.63, 3.8) is 0 Å². The topological polar surface area (TPSA) is 80.6 Å². The highest BCUT2D eigenvalue weighted by Crippen LogP contribution is 2.29. The van der Waals surface area contributed by atoms with E-state index in [-0.39, 0.29) is 0 Å². The van der Waals surface area contributed by atoms with Gasteiger partial charge in [0.05, 0.1) is 12.2 Å². The Morgan fingerprint density at radius 3 is 2.10 bits per heavy atom. The zero-order valence-corrected chi connectivity index (χ0v) is 13.7. The highest BCUT2D eigenvalue weighted by Gasteiger charge is 2.33. The summed E-state index contributed by atoms with van der Waals surface area (Å²) < 4.78 is 0. The normalized spacial score (nSPS) is 17.4. The fourth-order valence-corrected chi connectivity index (χ4v) is 3.76. The van der Waals surface area contributed by atoms with Crippen LogP contribution < -0.4 is 5.11 Å². The second-order valence-corrected chi connectivity index (χ2v) is 6.48. The van der Waals surface area contributed by atoms with Gasteiger partial charge in [0.25, 0.3) is 0 Å². The van der Waals surface area contributed by atoms with Crippen LogP contribution in [-0.4, -0.2) is 39.4 Å². The second kappa shape index (κ2) is 11.4. The summed E-state index contributed by atoms with van der Waals surface area (Å²) in [5, 5.41) is 30.8. The summed E-state index contributed by atoms with van der Waals surface area (Å²) >= 11 is 1.45. The van der Waals surface area contributed by atoms with E-state index in [0.717, 1.165) is 25.0 Å². The van der Waals surface area contributed by atoms with Crippen LogP contribution in [0.15, 0.2) is 0 Å². The van der Waals surface area contributed by atoms with E-state index in [1.165, 1.54) is 18.2 Å². The van der Waals surface area contributed by atoms with E-state index in [0.29, 0.717) is 12.8 Å². The fraction of sp³-hybridized carbons (Fsp3) is 0.933. The van der Waals surface area contributed by atoms with E-state index >= 15 is 0 Å². The first-order valence-electron chi connectivity index (χ1n) is 7.68. The van der Waals surface area contributed by atoms with Crippen LogP contribution in [0.5, 0.6) is 0 Å². The van der Waals surface area contributed by atoms with E-state index in [9.17, 15) is 20.1 Å². The van der Waals surface area contributed by atoms with Gasteiger partial charge in [-0.3, -0.25) is 0 Å². The monoisotopic (exact) mass is 305 g/mol. The number of carboxylic acid groups (broad SMARTS) is 1. The van der Waals surface area contributed by atoms with Crippen LogP contribution in [0.2, 0.25) is 0 Å². The number of thioether (sulfide) groups is 1. The highest BCUT2D eigenvalue weighted by atomic mass is 32.2. The maximum absolute atomic E-state index is 11.3. The summed E-state index contributed by atoms with van der Waals surface area (Å²) in [6.45, 7) is 5.70. The van der Waals surface area contributed by atoms with Gasteiger partial charge >= 0.3 is 0 Å². The van der Waals surface area contributed by atoms with Gasteiger partial charge in [-0.15, -0.1) is 0 Å². The van der Waals surface area contributed by atoms with Crippen molar-refractivity contribution >= 4 is 17.7 Å². The van der Waals surface area contributed by atoms with Gasteiger partial charge in [-0.25, -0.2) is 0 Å². The molecule has 0 rings (SSSR count). The van der Waals surface area contributed by atoms with Crippen LogP contribution >= 0.6 is 11.8 Å². The van der Waals surface area contributed by atoms with Crippen LogP contribution in [0.3, 0.4) is 0 Å². The fourth-order valence-electron chi connectivity index (χ4n) is 2.20. The van der Waals surface area contributed by atoms with E-state index < -0.39 is 29.3 Å². The zero-order valence-electron chi connectivity index (χ0n) is 12.9. The zero-order chi connectivity index (χ0) is 15.5. The van der Waals surface area contributed by atoms with E-state index in [4.69, 9.17) is 0 Å². The lowest BCUT2D eigenvalue weighted by molar-refractivity contribution is -0.314. The Bertz CT molecular complexity index is 260. The van der Waals surface area contributed by atoms with Crippen molar-refractivity contribution in [2.45, 2.75) is 76.8 Å². The van der Waals surface area contributed by atoms with Crippen molar-refractivity contribution in [2.24, 2.45) is 5.92 Å². The molecule has 4 atom stereocenters. The van der Waals surface area contributed by atoms with Gasteiger partial charge in [0, 0.05) is 17.1 Å². The van der Waals surface area contributed by atoms with Crippen LogP contribution in [0.4, 0.5) is 0 Å². The smallest absolute Gasteiger partial charge is 0.0663 e. The van der Waals surface area contributed by atoms with Gasteiger partial charge in [0.2, 0.25) is 0 Å². The van der Waals surface area contributed by atoms with E-state index in [1.807, 2.05) is 6.92 Å². The first-order valence-corrected chi connectivity index (χ1v) is 8.72. The SMILES string of the molecule is CCCCCCSC(C(O)CC)C(C(=O)[O-])C(O)CC. The molecule has 0 saturated heterocycles. The lowest BCUT2D eigenvalue weighted by Crippen LogP contribution is -2.48. The third kappa shape index (κ3) is 6.95. The van der Waals surface area contributed by atoms with Gasteiger partial charge in [-0.1, -0.05) is 40.0 Å². The molecular weight excluding hydrogens is 276 g/mol. The van der Waals surface area contributed by atoms with Gasteiger partial charge in [0.15, 0.2) is 0 Å². The second-order valence-electron chi connectivity index (χ2n) is 5.19. The number of carbonyl (C=O) groups is 1. The average molecular weight is 305 g/mol. The molecule has 0 aromatic heterocycles. The van der Waals surface area contributed by atoms with Crippen molar-refractivity contribution < 1.29 is 20.1 Å². The summed E-state index contributed by atoms with van der Waals surface area (Å²) in [4.78, 5) is 11.3. The third-order valence-corrected chi connectivity index (χ3v) is 5.08. The number of rotatable bonds is 12. The number of carbonyl (C=O) groups excluding carboxylic acids is 1. The lowest BCUT2D eigenvalue weighted by Gasteiger charge is -2.33. The van der Waals surface area contributed by atoms with Crippen molar-refractivity contribution in [3.05, 3.63) is 0 Å². The quantitative estimate of drug-likeness (QED) is 0.535. The molecule has 0 spiro atoms. The number of hydrogen-bond acceptors (Lipinski definition) is 5. The third-order valence-electron chi connectivity index (χ3n) is 3.56. The number of aliphatic hydroxyl groups excluding tert-OH is 2. The number of aliphatic hydroxyl groups is 2. The molecule has 4 unspecified atom stereocenters. The number of hydrogen-bond donors (Lipinski definition) is 2. The van der Waals surface area contributed by atoms with Crippen LogP contribution in [0, 0.1) is 5.92 Å². The molecule has 0 saturated carbocycles. The Kier molecular flexibility index (Phi) is 11.3. The predicted molar refractivity (Wildman–Crippen MR) is 81.5 cm³/mol. The Labute approximate surface area is 127 Å². The summed E-state index contributed by atoms with van der Waals surface area (Å²) in [5.41, 5.74) is 0. The van der Waals surface area contributed by atoms with Gasteiger partial charge < -0.3 is 20.1 Å². The minimum absolute atomic E-state index is 0.349. The number of aliphatic carboxylic acids is 1. The van der Waals surface area contributed by atoms with E-state index in [2.05, 4.69) is 6.92 Å². The first kappa shape index (κ1) is 19.7. The molecule has 0 aliphatic rings. The van der Waals surface area contributed by atoms with Crippen molar-refractivity contribution in [3.8, 4) is 0 Å². The molecule has 0 fully saturated rings. The van der Waals surface area contributed by atoms with E-state index in [1.54, 1.807) is 6.92 Å². The van der Waals surface area contributed by atoms with Gasteiger partial charge in [-0.2, -0.15) is 11.8 Å². The molecule has 5 heteroatoms. The summed E-state index contributed by atoms with van der Waals surface area (Å²) in [5.74, 6) is -1.47. The molecule has 0 radical (unpaired) electrons. The molecule has 0 aromatic rings. The number of carboxylic acids is 1. The molecular formula is C15H29O4S-. The maximum atomic E-state index is 11.3. The maximum Gasteiger partial charge on any atom is 0.0663 e. The minimum Gasteiger partial charge on any atom is -0.550 e. The lowest BCUT2D eigenvalue weighted by atomic mass is 9.92. The molecule has 2 N–H and O–H groups in total. The van der Waals surface area contributed by atoms with Crippen molar-refractivity contribution in [2.75, 3.05) is 5.75 Å². The Balaban J connectivity index is 4.62. The van der Waals surface area contributed by atoms with Crippen LogP contribution in [-0.2, 0) is 4.79 Å². The minimum atomic E-state index is -1.27. The molecule has 20 heavy (non-hydrogen) atoms. The van der Waals surface area contributed by atoms with Crippen LogP contribution in [0.25, 0.3) is 0 Å². The Morgan fingerprint density at radius 1 is 1.05 bits per heavy atom. The molecule has 0 bridgehead atoms.